The summed E-state index contributed by atoms with van der Waals surface area (Å²) in [5.41, 5.74) is 0.332. The van der Waals surface area contributed by atoms with Crippen LogP contribution in [0.25, 0.3) is 0 Å². The molecule has 0 spiro atoms. The predicted molar refractivity (Wildman–Crippen MR) is 34.8 cm³/mol. The molecular weight excluding hydrogens is 112 g/mol. The van der Waals surface area contributed by atoms with E-state index in [1.54, 1.807) is 0 Å². The lowest BCUT2D eigenvalue weighted by molar-refractivity contribution is 0.00965. The van der Waals surface area contributed by atoms with E-state index in [9.17, 15) is 0 Å². The van der Waals surface area contributed by atoms with E-state index in [-0.39, 0.29) is 0 Å². The van der Waals surface area contributed by atoms with Crippen molar-refractivity contribution in [1.82, 2.24) is 0 Å². The summed E-state index contributed by atoms with van der Waals surface area (Å²) in [6.45, 7) is 4.00. The third-order valence-corrected chi connectivity index (χ3v) is 2.35. The van der Waals surface area contributed by atoms with Gasteiger partial charge in [0.25, 0.3) is 0 Å². The molecule has 1 fully saturated rings. The van der Waals surface area contributed by atoms with E-state index in [0.29, 0.717) is 11.3 Å². The van der Waals surface area contributed by atoms with Crippen LogP contribution in [0.4, 0.5) is 0 Å². The fourth-order valence-electron chi connectivity index (χ4n) is 1.37. The molecule has 1 heteroatoms. The zero-order valence-electron chi connectivity index (χ0n) is 5.61. The van der Waals surface area contributed by atoms with Gasteiger partial charge in [0.05, 0.1) is 12.5 Å². The molecule has 0 N–H and O–H groups in total. The van der Waals surface area contributed by atoms with Gasteiger partial charge in [-0.05, 0) is 13.3 Å². The van der Waals surface area contributed by atoms with Crippen molar-refractivity contribution in [3.63, 3.8) is 0 Å². The first-order valence-corrected chi connectivity index (χ1v) is 3.42. The van der Waals surface area contributed by atoms with Gasteiger partial charge in [0.1, 0.15) is 0 Å². The van der Waals surface area contributed by atoms with Crippen LogP contribution in [0.15, 0.2) is 0 Å². The Morgan fingerprint density at radius 3 is 2.89 bits per heavy atom. The van der Waals surface area contributed by atoms with Crippen LogP contribution < -0.4 is 0 Å². The van der Waals surface area contributed by atoms with E-state index >= 15 is 0 Å². The third-order valence-electron chi connectivity index (χ3n) is 2.35. The highest BCUT2D eigenvalue weighted by atomic mass is 16.5. The molecular formula is C8H10O. The Labute approximate surface area is 55.4 Å². The molecule has 48 valence electrons. The Kier molecular flexibility index (Phi) is 0.896. The van der Waals surface area contributed by atoms with Crippen molar-refractivity contribution in [1.29, 1.82) is 0 Å². The summed E-state index contributed by atoms with van der Waals surface area (Å²) in [6.07, 6.45) is 1.13. The molecule has 0 radical (unpaired) electrons. The highest BCUT2D eigenvalue weighted by Gasteiger charge is 2.39. The van der Waals surface area contributed by atoms with Gasteiger partial charge in [-0.3, -0.25) is 0 Å². The highest BCUT2D eigenvalue weighted by Crippen LogP contribution is 2.39. The predicted octanol–water partition coefficient (Wildman–Crippen LogP) is 1.05. The first-order valence-electron chi connectivity index (χ1n) is 3.42. The van der Waals surface area contributed by atoms with Crippen LogP contribution in [-0.4, -0.2) is 13.2 Å². The molecule has 0 aromatic carbocycles. The van der Waals surface area contributed by atoms with Gasteiger partial charge in [0.2, 0.25) is 0 Å². The number of hydrogen-bond donors (Lipinski definition) is 0. The van der Waals surface area contributed by atoms with Crippen LogP contribution >= 0.6 is 0 Å². The van der Waals surface area contributed by atoms with E-state index in [1.807, 2.05) is 0 Å². The summed E-state index contributed by atoms with van der Waals surface area (Å²) in [6, 6.07) is 0. The molecule has 1 nitrogen and oxygen atoms in total. The standard InChI is InChI=1S/C8H10O/c1-8-3-2-7(8)6-9-5-4-8/h7H,4-6H2,1H3/t7-,8?/m0/s1. The zero-order valence-corrected chi connectivity index (χ0v) is 5.61. The third kappa shape index (κ3) is 0.601. The van der Waals surface area contributed by atoms with Crippen LogP contribution in [0.5, 0.6) is 0 Å². The van der Waals surface area contributed by atoms with Crippen LogP contribution in [0.1, 0.15) is 13.3 Å². The van der Waals surface area contributed by atoms with Crippen molar-refractivity contribution in [3.8, 4) is 11.8 Å². The van der Waals surface area contributed by atoms with Gasteiger partial charge in [-0.25, -0.2) is 0 Å². The summed E-state index contributed by atoms with van der Waals surface area (Å²) in [4.78, 5) is 0. The average molecular weight is 122 g/mol. The van der Waals surface area contributed by atoms with Crippen molar-refractivity contribution >= 4 is 0 Å². The monoisotopic (exact) mass is 122 g/mol. The lowest BCUT2D eigenvalue weighted by Gasteiger charge is -2.39. The number of hydrogen-bond acceptors (Lipinski definition) is 1. The zero-order chi connectivity index (χ0) is 6.32. The van der Waals surface area contributed by atoms with Crippen molar-refractivity contribution in [2.75, 3.05) is 13.2 Å². The van der Waals surface area contributed by atoms with Gasteiger partial charge in [0, 0.05) is 12.0 Å². The van der Waals surface area contributed by atoms with Crippen molar-refractivity contribution in [3.05, 3.63) is 0 Å². The fraction of sp³-hybridized carbons (Fsp3) is 0.750. The summed E-state index contributed by atoms with van der Waals surface area (Å²) >= 11 is 0. The molecule has 0 saturated carbocycles. The lowest BCUT2D eigenvalue weighted by Crippen LogP contribution is -2.39. The topological polar surface area (TPSA) is 9.23 Å². The van der Waals surface area contributed by atoms with E-state index < -0.39 is 0 Å². The van der Waals surface area contributed by atoms with E-state index in [1.165, 1.54) is 0 Å². The number of fused-ring (bicyclic) bond motifs is 1. The highest BCUT2D eigenvalue weighted by molar-refractivity contribution is 5.29. The summed E-state index contributed by atoms with van der Waals surface area (Å²) in [5.74, 6) is 6.85. The van der Waals surface area contributed by atoms with Gasteiger partial charge < -0.3 is 4.74 Å². The minimum atomic E-state index is 0.332. The Morgan fingerprint density at radius 1 is 1.67 bits per heavy atom. The maximum atomic E-state index is 5.27. The second kappa shape index (κ2) is 1.52. The molecule has 2 atom stereocenters. The first-order chi connectivity index (χ1) is 4.31. The van der Waals surface area contributed by atoms with Crippen LogP contribution in [0.3, 0.4) is 0 Å². The van der Waals surface area contributed by atoms with Crippen molar-refractivity contribution in [2.45, 2.75) is 13.3 Å². The summed E-state index contributed by atoms with van der Waals surface area (Å²) in [7, 11) is 0. The maximum absolute atomic E-state index is 5.27. The molecule has 0 amide bonds. The molecule has 1 saturated heterocycles. The molecule has 1 aliphatic carbocycles. The first kappa shape index (κ1) is 5.32. The molecule has 2 aliphatic rings. The van der Waals surface area contributed by atoms with Gasteiger partial charge in [-0.1, -0.05) is 11.8 Å². The van der Waals surface area contributed by atoms with Gasteiger partial charge in [-0.15, -0.1) is 0 Å². The van der Waals surface area contributed by atoms with E-state index in [0.717, 1.165) is 19.6 Å². The fourth-order valence-corrected chi connectivity index (χ4v) is 1.37. The van der Waals surface area contributed by atoms with E-state index in [4.69, 9.17) is 4.74 Å². The minimum Gasteiger partial charge on any atom is -0.380 e. The number of rotatable bonds is 0. The van der Waals surface area contributed by atoms with E-state index in [2.05, 4.69) is 18.8 Å². The maximum Gasteiger partial charge on any atom is 0.0618 e. The SMILES string of the molecule is CC12C#C[C@H]1COCC2. The molecule has 0 aromatic rings. The Morgan fingerprint density at radius 2 is 2.56 bits per heavy atom. The van der Waals surface area contributed by atoms with Crippen molar-refractivity contribution < 1.29 is 4.74 Å². The summed E-state index contributed by atoms with van der Waals surface area (Å²) in [5, 5.41) is 0. The molecule has 1 unspecified atom stereocenters. The quantitative estimate of drug-likeness (QED) is 0.436. The molecule has 0 bridgehead atoms. The summed E-state index contributed by atoms with van der Waals surface area (Å²) < 4.78 is 5.27. The minimum absolute atomic E-state index is 0.332. The Hall–Kier alpha value is -0.480. The lowest BCUT2D eigenvalue weighted by atomic mass is 9.68. The number of ether oxygens (including phenoxy) is 1. The van der Waals surface area contributed by atoms with Crippen LogP contribution in [-0.2, 0) is 4.74 Å². The average Bonchev–Trinajstić information content (AvgIpc) is 1.82. The molecule has 9 heavy (non-hydrogen) atoms. The molecule has 0 aromatic heterocycles. The molecule has 1 aliphatic heterocycles. The normalized spacial score (nSPS) is 46.1. The Balaban J connectivity index is 2.20. The smallest absolute Gasteiger partial charge is 0.0618 e. The second-order valence-corrected chi connectivity index (χ2v) is 3.06. The van der Waals surface area contributed by atoms with Crippen LogP contribution in [0.2, 0.25) is 0 Å². The van der Waals surface area contributed by atoms with Crippen LogP contribution in [0, 0.1) is 23.2 Å². The van der Waals surface area contributed by atoms with Crippen molar-refractivity contribution in [2.24, 2.45) is 11.3 Å². The second-order valence-electron chi connectivity index (χ2n) is 3.06. The largest absolute Gasteiger partial charge is 0.380 e. The Bertz CT molecular complexity index is 186. The molecule has 1 heterocycles. The van der Waals surface area contributed by atoms with Gasteiger partial charge in [0.15, 0.2) is 0 Å². The van der Waals surface area contributed by atoms with Gasteiger partial charge in [-0.2, -0.15) is 0 Å². The molecule has 2 rings (SSSR count). The van der Waals surface area contributed by atoms with Gasteiger partial charge >= 0.3 is 0 Å².